The third kappa shape index (κ3) is 2.82. The van der Waals surface area contributed by atoms with Crippen LogP contribution in [-0.2, 0) is 4.79 Å². The predicted molar refractivity (Wildman–Crippen MR) is 78.6 cm³/mol. The number of hydrogen-bond donors (Lipinski definition) is 1. The molecule has 2 saturated carbocycles. The minimum atomic E-state index is -0.434. The average molecular weight is 273 g/mol. The van der Waals surface area contributed by atoms with Gasteiger partial charge in [0.1, 0.15) is 5.75 Å². The summed E-state index contributed by atoms with van der Waals surface area (Å²) in [6.07, 6.45) is 4.66. The highest BCUT2D eigenvalue weighted by atomic mass is 16.5. The van der Waals surface area contributed by atoms with Gasteiger partial charge in [0.25, 0.3) is 5.91 Å². The number of rotatable bonds is 4. The van der Waals surface area contributed by atoms with E-state index in [1.807, 2.05) is 38.1 Å². The SMILES string of the molecule is Cc1cccc(O[C@@H](C)C(=O)N[C@H]2C[C@@H]3CC[C@@H]2C3)c1. The lowest BCUT2D eigenvalue weighted by atomic mass is 9.95. The number of nitrogens with one attached hydrogen (secondary N) is 1. The fourth-order valence-electron chi connectivity index (χ4n) is 3.67. The van der Waals surface area contributed by atoms with E-state index in [9.17, 15) is 4.79 Å². The Morgan fingerprint density at radius 3 is 2.85 bits per heavy atom. The molecule has 0 radical (unpaired) electrons. The fourth-order valence-corrected chi connectivity index (χ4v) is 3.67. The van der Waals surface area contributed by atoms with Crippen molar-refractivity contribution >= 4 is 5.91 Å². The molecule has 2 aliphatic carbocycles. The molecule has 0 spiro atoms. The van der Waals surface area contributed by atoms with Gasteiger partial charge in [-0.1, -0.05) is 18.6 Å². The first-order valence-electron chi connectivity index (χ1n) is 7.65. The monoisotopic (exact) mass is 273 g/mol. The lowest BCUT2D eigenvalue weighted by molar-refractivity contribution is -0.128. The smallest absolute Gasteiger partial charge is 0.261 e. The molecule has 3 heteroatoms. The highest BCUT2D eigenvalue weighted by Gasteiger charge is 2.40. The number of carbonyl (C=O) groups is 1. The summed E-state index contributed by atoms with van der Waals surface area (Å²) in [6, 6.07) is 8.21. The second-order valence-electron chi connectivity index (χ2n) is 6.37. The van der Waals surface area contributed by atoms with Crippen molar-refractivity contribution in [1.29, 1.82) is 0 Å². The summed E-state index contributed by atoms with van der Waals surface area (Å²) in [4.78, 5) is 12.2. The lowest BCUT2D eigenvalue weighted by Gasteiger charge is -2.24. The summed E-state index contributed by atoms with van der Waals surface area (Å²) >= 11 is 0. The zero-order chi connectivity index (χ0) is 14.1. The Labute approximate surface area is 120 Å². The molecular weight excluding hydrogens is 250 g/mol. The van der Waals surface area contributed by atoms with Gasteiger partial charge in [0.15, 0.2) is 6.10 Å². The number of benzene rings is 1. The summed E-state index contributed by atoms with van der Waals surface area (Å²) in [5.41, 5.74) is 1.14. The third-order valence-electron chi connectivity index (χ3n) is 4.74. The van der Waals surface area contributed by atoms with Gasteiger partial charge in [-0.25, -0.2) is 0 Å². The Hall–Kier alpha value is -1.51. The van der Waals surface area contributed by atoms with Gasteiger partial charge in [-0.3, -0.25) is 4.79 Å². The molecule has 0 unspecified atom stereocenters. The van der Waals surface area contributed by atoms with Crippen LogP contribution in [0.4, 0.5) is 0 Å². The number of amides is 1. The lowest BCUT2D eigenvalue weighted by Crippen LogP contribution is -2.44. The Balaban J connectivity index is 1.54. The highest BCUT2D eigenvalue weighted by molar-refractivity contribution is 5.81. The van der Waals surface area contributed by atoms with Crippen molar-refractivity contribution in [3.05, 3.63) is 29.8 Å². The molecule has 2 aliphatic rings. The highest BCUT2D eigenvalue weighted by Crippen LogP contribution is 2.44. The van der Waals surface area contributed by atoms with Crippen LogP contribution in [0.2, 0.25) is 0 Å². The summed E-state index contributed by atoms with van der Waals surface area (Å²) in [5, 5.41) is 3.18. The third-order valence-corrected chi connectivity index (χ3v) is 4.74. The standard InChI is InChI=1S/C17H23NO2/c1-11-4-3-5-15(8-11)20-12(2)17(19)18-16-10-13-6-7-14(16)9-13/h3-5,8,12-14,16H,6-7,9-10H2,1-2H3,(H,18,19)/t12-,13+,14+,16-/m0/s1. The number of fused-ring (bicyclic) bond motifs is 2. The first-order valence-corrected chi connectivity index (χ1v) is 7.65. The zero-order valence-electron chi connectivity index (χ0n) is 12.3. The average Bonchev–Trinajstić information content (AvgIpc) is 3.01. The maximum absolute atomic E-state index is 12.2. The number of aryl methyl sites for hydroxylation is 1. The molecule has 2 fully saturated rings. The van der Waals surface area contributed by atoms with E-state index in [1.54, 1.807) is 0 Å². The quantitative estimate of drug-likeness (QED) is 0.915. The van der Waals surface area contributed by atoms with Crippen LogP contribution in [0, 0.1) is 18.8 Å². The number of hydrogen-bond acceptors (Lipinski definition) is 2. The Morgan fingerprint density at radius 1 is 1.35 bits per heavy atom. The first-order chi connectivity index (χ1) is 9.61. The van der Waals surface area contributed by atoms with Crippen LogP contribution in [0.1, 0.15) is 38.2 Å². The molecule has 0 heterocycles. The molecule has 108 valence electrons. The van der Waals surface area contributed by atoms with E-state index in [2.05, 4.69) is 5.32 Å². The Bertz CT molecular complexity index is 500. The fraction of sp³-hybridized carbons (Fsp3) is 0.588. The van der Waals surface area contributed by atoms with Gasteiger partial charge in [0.05, 0.1) is 0 Å². The van der Waals surface area contributed by atoms with Gasteiger partial charge >= 0.3 is 0 Å². The second kappa shape index (κ2) is 5.47. The van der Waals surface area contributed by atoms with E-state index in [0.717, 1.165) is 23.7 Å². The molecule has 1 N–H and O–H groups in total. The molecule has 2 bridgehead atoms. The van der Waals surface area contributed by atoms with Crippen molar-refractivity contribution in [2.75, 3.05) is 0 Å². The van der Waals surface area contributed by atoms with Crippen LogP contribution < -0.4 is 10.1 Å². The molecule has 0 saturated heterocycles. The Kier molecular flexibility index (Phi) is 3.68. The zero-order valence-corrected chi connectivity index (χ0v) is 12.3. The molecule has 1 aromatic rings. The van der Waals surface area contributed by atoms with Crippen molar-refractivity contribution in [1.82, 2.24) is 5.32 Å². The number of carbonyl (C=O) groups excluding carboxylic acids is 1. The maximum Gasteiger partial charge on any atom is 0.261 e. The molecule has 3 rings (SSSR count). The van der Waals surface area contributed by atoms with Gasteiger partial charge in [-0.05, 0) is 62.6 Å². The maximum atomic E-state index is 12.2. The first kappa shape index (κ1) is 13.5. The van der Waals surface area contributed by atoms with Crippen molar-refractivity contribution < 1.29 is 9.53 Å². The van der Waals surface area contributed by atoms with Crippen LogP contribution >= 0.6 is 0 Å². The van der Waals surface area contributed by atoms with Crippen LogP contribution in [-0.4, -0.2) is 18.1 Å². The van der Waals surface area contributed by atoms with E-state index in [1.165, 1.54) is 19.3 Å². The van der Waals surface area contributed by atoms with Crippen LogP contribution in [0.3, 0.4) is 0 Å². The molecule has 1 aromatic carbocycles. The van der Waals surface area contributed by atoms with Gasteiger partial charge in [-0.15, -0.1) is 0 Å². The van der Waals surface area contributed by atoms with Crippen molar-refractivity contribution in [3.63, 3.8) is 0 Å². The van der Waals surface area contributed by atoms with E-state index >= 15 is 0 Å². The molecule has 4 atom stereocenters. The summed E-state index contributed by atoms with van der Waals surface area (Å²) in [7, 11) is 0. The van der Waals surface area contributed by atoms with Crippen molar-refractivity contribution in [2.24, 2.45) is 11.8 Å². The van der Waals surface area contributed by atoms with E-state index < -0.39 is 6.10 Å². The summed E-state index contributed by atoms with van der Waals surface area (Å²) in [6.45, 7) is 3.84. The number of ether oxygens (including phenoxy) is 1. The van der Waals surface area contributed by atoms with Crippen LogP contribution in [0.15, 0.2) is 24.3 Å². The Morgan fingerprint density at radius 2 is 2.20 bits per heavy atom. The van der Waals surface area contributed by atoms with E-state index in [0.29, 0.717) is 12.0 Å². The molecule has 0 aromatic heterocycles. The van der Waals surface area contributed by atoms with Gasteiger partial charge in [0, 0.05) is 6.04 Å². The van der Waals surface area contributed by atoms with Crippen LogP contribution in [0.5, 0.6) is 5.75 Å². The molecule has 20 heavy (non-hydrogen) atoms. The summed E-state index contributed by atoms with van der Waals surface area (Å²) < 4.78 is 5.74. The van der Waals surface area contributed by atoms with Gasteiger partial charge in [0.2, 0.25) is 0 Å². The van der Waals surface area contributed by atoms with Crippen molar-refractivity contribution in [3.8, 4) is 5.75 Å². The summed E-state index contributed by atoms with van der Waals surface area (Å²) in [5.74, 6) is 2.33. The van der Waals surface area contributed by atoms with Crippen LogP contribution in [0.25, 0.3) is 0 Å². The molecule has 1 amide bonds. The molecule has 3 nitrogen and oxygen atoms in total. The normalized spacial score (nSPS) is 29.2. The molecule has 0 aliphatic heterocycles. The molecular formula is C17H23NO2. The minimum Gasteiger partial charge on any atom is -0.481 e. The van der Waals surface area contributed by atoms with Gasteiger partial charge < -0.3 is 10.1 Å². The van der Waals surface area contributed by atoms with E-state index in [-0.39, 0.29) is 5.91 Å². The largest absolute Gasteiger partial charge is 0.481 e. The second-order valence-corrected chi connectivity index (χ2v) is 6.37. The minimum absolute atomic E-state index is 0.0176. The van der Waals surface area contributed by atoms with E-state index in [4.69, 9.17) is 4.74 Å². The van der Waals surface area contributed by atoms with Crippen molar-refractivity contribution in [2.45, 2.75) is 51.7 Å². The van der Waals surface area contributed by atoms with Gasteiger partial charge in [-0.2, -0.15) is 0 Å². The topological polar surface area (TPSA) is 38.3 Å². The predicted octanol–water partition coefficient (Wildman–Crippen LogP) is 3.07.